The molecule has 1 aliphatic rings. The van der Waals surface area contributed by atoms with Crippen molar-refractivity contribution in [2.45, 2.75) is 39.7 Å². The van der Waals surface area contributed by atoms with Gasteiger partial charge in [0.1, 0.15) is 0 Å². The van der Waals surface area contributed by atoms with Crippen LogP contribution in [0.15, 0.2) is 66.7 Å². The summed E-state index contributed by atoms with van der Waals surface area (Å²) in [5, 5.41) is 5.37. The second-order valence-electron chi connectivity index (χ2n) is 9.10. The highest BCUT2D eigenvalue weighted by Gasteiger charge is 2.36. The highest BCUT2D eigenvalue weighted by molar-refractivity contribution is 6.10. The minimum Gasteiger partial charge on any atom is -0.341 e. The predicted octanol–water partition coefficient (Wildman–Crippen LogP) is 5.93. The van der Waals surface area contributed by atoms with Gasteiger partial charge in [0.2, 0.25) is 11.8 Å². The number of carbonyl (C=O) groups excluding carboxylic acids is 2. The van der Waals surface area contributed by atoms with Crippen LogP contribution < -0.4 is 10.2 Å². The standard InChI is InChI=1S/C28H29N3O2/c1-4-30-25-12-8-6-10-22(25)23-16-20(13-14-26(23)30)29-28(33)19-15-27(32)31(17-19)24-11-7-5-9-21(24)18(2)3/h5-14,16,18-19H,4,15,17H2,1-3H3,(H,29,33). The molecule has 1 atom stereocenters. The molecule has 0 bridgehead atoms. The fraction of sp³-hybridized carbons (Fsp3) is 0.286. The molecule has 0 spiro atoms. The minimum atomic E-state index is -0.370. The number of amides is 2. The zero-order chi connectivity index (χ0) is 23.1. The van der Waals surface area contributed by atoms with Crippen molar-refractivity contribution >= 4 is 45.0 Å². The van der Waals surface area contributed by atoms with Crippen LogP contribution in [0.3, 0.4) is 0 Å². The van der Waals surface area contributed by atoms with Crippen LogP contribution in [0.1, 0.15) is 38.7 Å². The predicted molar refractivity (Wildman–Crippen MR) is 135 cm³/mol. The smallest absolute Gasteiger partial charge is 0.229 e. The normalized spacial score (nSPS) is 16.3. The molecule has 1 unspecified atom stereocenters. The first kappa shape index (κ1) is 21.3. The third-order valence-electron chi connectivity index (χ3n) is 6.70. The Balaban J connectivity index is 1.39. The number of anilines is 2. The fourth-order valence-electron chi connectivity index (χ4n) is 5.05. The van der Waals surface area contributed by atoms with Gasteiger partial charge >= 0.3 is 0 Å². The summed E-state index contributed by atoms with van der Waals surface area (Å²) in [6.45, 7) is 7.67. The number of nitrogens with one attached hydrogen (secondary N) is 1. The summed E-state index contributed by atoms with van der Waals surface area (Å²) in [5.41, 5.74) is 5.16. The van der Waals surface area contributed by atoms with Gasteiger partial charge in [0.15, 0.2) is 0 Å². The molecule has 1 fully saturated rings. The van der Waals surface area contributed by atoms with Crippen molar-refractivity contribution in [3.05, 3.63) is 72.3 Å². The van der Waals surface area contributed by atoms with Crippen LogP contribution in [0.4, 0.5) is 11.4 Å². The highest BCUT2D eigenvalue weighted by atomic mass is 16.2. The van der Waals surface area contributed by atoms with Gasteiger partial charge in [-0.1, -0.05) is 50.2 Å². The van der Waals surface area contributed by atoms with E-state index < -0.39 is 0 Å². The Morgan fingerprint density at radius 1 is 1.00 bits per heavy atom. The number of aryl methyl sites for hydroxylation is 1. The first-order chi connectivity index (χ1) is 16.0. The number of fused-ring (bicyclic) bond motifs is 3. The van der Waals surface area contributed by atoms with Crippen LogP contribution in [0, 0.1) is 5.92 Å². The lowest BCUT2D eigenvalue weighted by molar-refractivity contribution is -0.122. The molecule has 0 aliphatic carbocycles. The lowest BCUT2D eigenvalue weighted by Crippen LogP contribution is -2.28. The molecule has 0 radical (unpaired) electrons. The zero-order valence-corrected chi connectivity index (χ0v) is 19.3. The van der Waals surface area contributed by atoms with E-state index in [2.05, 4.69) is 61.0 Å². The molecule has 1 aromatic heterocycles. The Kier molecular flexibility index (Phi) is 5.41. The fourth-order valence-corrected chi connectivity index (χ4v) is 5.05. The number of rotatable bonds is 5. The molecule has 168 valence electrons. The van der Waals surface area contributed by atoms with Crippen molar-refractivity contribution in [2.75, 3.05) is 16.8 Å². The largest absolute Gasteiger partial charge is 0.341 e. The molecule has 5 rings (SSSR count). The van der Waals surface area contributed by atoms with Gasteiger partial charge in [-0.2, -0.15) is 0 Å². The molecule has 4 aromatic rings. The molecule has 1 N–H and O–H groups in total. The average Bonchev–Trinajstić information content (AvgIpc) is 3.36. The third kappa shape index (κ3) is 3.67. The van der Waals surface area contributed by atoms with Crippen molar-refractivity contribution in [1.29, 1.82) is 0 Å². The highest BCUT2D eigenvalue weighted by Crippen LogP contribution is 2.34. The van der Waals surface area contributed by atoms with Gasteiger partial charge in [-0.05, 0) is 48.7 Å². The SMILES string of the molecule is CCn1c2ccccc2c2cc(NC(=O)C3CC(=O)N(c4ccccc4C(C)C)C3)ccc21. The van der Waals surface area contributed by atoms with Crippen LogP contribution in [-0.4, -0.2) is 22.9 Å². The lowest BCUT2D eigenvalue weighted by Gasteiger charge is -2.22. The molecule has 5 heteroatoms. The Hall–Kier alpha value is -3.60. The summed E-state index contributed by atoms with van der Waals surface area (Å²) in [6.07, 6.45) is 0.232. The topological polar surface area (TPSA) is 54.3 Å². The van der Waals surface area contributed by atoms with Crippen molar-refractivity contribution in [2.24, 2.45) is 5.92 Å². The second kappa shape index (κ2) is 8.39. The van der Waals surface area contributed by atoms with Gasteiger partial charge in [0.25, 0.3) is 0 Å². The van der Waals surface area contributed by atoms with E-state index in [0.717, 1.165) is 34.4 Å². The quantitative estimate of drug-likeness (QED) is 0.419. The Labute approximate surface area is 194 Å². The summed E-state index contributed by atoms with van der Waals surface area (Å²) >= 11 is 0. The summed E-state index contributed by atoms with van der Waals surface area (Å²) in [6, 6.07) is 22.4. The number of carbonyl (C=O) groups is 2. The monoisotopic (exact) mass is 439 g/mol. The second-order valence-corrected chi connectivity index (χ2v) is 9.10. The van der Waals surface area contributed by atoms with E-state index in [9.17, 15) is 9.59 Å². The van der Waals surface area contributed by atoms with Crippen LogP contribution >= 0.6 is 0 Å². The van der Waals surface area contributed by atoms with E-state index in [1.165, 1.54) is 10.9 Å². The van der Waals surface area contributed by atoms with E-state index in [0.29, 0.717) is 12.5 Å². The number of nitrogens with zero attached hydrogens (tertiary/aromatic N) is 2. The molecule has 3 aromatic carbocycles. The number of benzene rings is 3. The molecule has 5 nitrogen and oxygen atoms in total. The maximum absolute atomic E-state index is 13.1. The summed E-state index contributed by atoms with van der Waals surface area (Å²) in [5.74, 6) is -0.166. The summed E-state index contributed by atoms with van der Waals surface area (Å²) in [7, 11) is 0. The molecule has 2 amide bonds. The van der Waals surface area contributed by atoms with E-state index in [4.69, 9.17) is 0 Å². The molecule has 2 heterocycles. The Bertz CT molecular complexity index is 1370. The van der Waals surface area contributed by atoms with Gasteiger partial charge in [-0.3, -0.25) is 9.59 Å². The first-order valence-electron chi connectivity index (χ1n) is 11.7. The van der Waals surface area contributed by atoms with E-state index in [1.807, 2.05) is 36.4 Å². The van der Waals surface area contributed by atoms with Gasteiger partial charge < -0.3 is 14.8 Å². The molecular formula is C28H29N3O2. The third-order valence-corrected chi connectivity index (χ3v) is 6.70. The first-order valence-corrected chi connectivity index (χ1v) is 11.7. The molecule has 0 saturated carbocycles. The zero-order valence-electron chi connectivity index (χ0n) is 19.3. The Morgan fingerprint density at radius 2 is 1.73 bits per heavy atom. The van der Waals surface area contributed by atoms with Crippen molar-refractivity contribution in [1.82, 2.24) is 4.57 Å². The summed E-state index contributed by atoms with van der Waals surface area (Å²) in [4.78, 5) is 27.7. The van der Waals surface area contributed by atoms with Gasteiger partial charge in [0, 0.05) is 52.7 Å². The number of hydrogen-bond acceptors (Lipinski definition) is 2. The molecule has 1 saturated heterocycles. The molecule has 1 aliphatic heterocycles. The average molecular weight is 440 g/mol. The number of aromatic nitrogens is 1. The number of hydrogen-bond donors (Lipinski definition) is 1. The van der Waals surface area contributed by atoms with E-state index in [-0.39, 0.29) is 24.2 Å². The minimum absolute atomic E-state index is 0.00437. The van der Waals surface area contributed by atoms with E-state index >= 15 is 0 Å². The van der Waals surface area contributed by atoms with Gasteiger partial charge in [-0.25, -0.2) is 0 Å². The van der Waals surface area contributed by atoms with E-state index in [1.54, 1.807) is 4.90 Å². The lowest BCUT2D eigenvalue weighted by atomic mass is 10.0. The van der Waals surface area contributed by atoms with Crippen LogP contribution in [0.25, 0.3) is 21.8 Å². The molecule has 33 heavy (non-hydrogen) atoms. The molecular weight excluding hydrogens is 410 g/mol. The van der Waals surface area contributed by atoms with Crippen molar-refractivity contribution < 1.29 is 9.59 Å². The maximum atomic E-state index is 13.1. The van der Waals surface area contributed by atoms with Gasteiger partial charge in [0.05, 0.1) is 5.92 Å². The van der Waals surface area contributed by atoms with Crippen LogP contribution in [-0.2, 0) is 16.1 Å². The summed E-state index contributed by atoms with van der Waals surface area (Å²) < 4.78 is 2.29. The number of para-hydroxylation sites is 2. The maximum Gasteiger partial charge on any atom is 0.229 e. The van der Waals surface area contributed by atoms with Crippen molar-refractivity contribution in [3.8, 4) is 0 Å². The van der Waals surface area contributed by atoms with Crippen molar-refractivity contribution in [3.63, 3.8) is 0 Å². The van der Waals surface area contributed by atoms with Crippen LogP contribution in [0.5, 0.6) is 0 Å². The Morgan fingerprint density at radius 3 is 2.52 bits per heavy atom. The van der Waals surface area contributed by atoms with Gasteiger partial charge in [-0.15, -0.1) is 0 Å². The van der Waals surface area contributed by atoms with Crippen LogP contribution in [0.2, 0.25) is 0 Å².